The van der Waals surface area contributed by atoms with Crippen LogP contribution in [0, 0.1) is 31.0 Å². The van der Waals surface area contributed by atoms with Crippen LogP contribution in [0.25, 0.3) is 0 Å². The van der Waals surface area contributed by atoms with Crippen molar-refractivity contribution in [3.63, 3.8) is 0 Å². The third-order valence-corrected chi connectivity index (χ3v) is 4.10. The molecule has 0 bridgehead atoms. The molecule has 2 nitrogen and oxygen atoms in total. The summed E-state index contributed by atoms with van der Waals surface area (Å²) in [7, 11) is -1.55. The van der Waals surface area contributed by atoms with E-state index in [9.17, 15) is 8.60 Å². The Morgan fingerprint density at radius 3 is 2.37 bits per heavy atom. The number of rotatable bonds is 2. The predicted octanol–water partition coefficient (Wildman–Crippen LogP) is 3.48. The minimum atomic E-state index is -1.55. The Kier molecular flexibility index (Phi) is 3.77. The van der Waals surface area contributed by atoms with Crippen molar-refractivity contribution in [1.82, 2.24) is 0 Å². The smallest absolute Gasteiger partial charge is 0.142 e. The van der Waals surface area contributed by atoms with Crippen LogP contribution in [0.3, 0.4) is 0 Å². The number of nitriles is 1. The summed E-state index contributed by atoms with van der Waals surface area (Å²) in [6.45, 7) is 3.81. The van der Waals surface area contributed by atoms with Crippen LogP contribution in [-0.2, 0) is 10.8 Å². The molecule has 4 heteroatoms. The normalized spacial score (nSPS) is 11.9. The van der Waals surface area contributed by atoms with Gasteiger partial charge in [-0.2, -0.15) is 5.26 Å². The number of benzene rings is 2. The Bertz CT molecular complexity index is 684. The monoisotopic (exact) mass is 273 g/mol. The van der Waals surface area contributed by atoms with Gasteiger partial charge in [0.1, 0.15) is 17.4 Å². The first-order chi connectivity index (χ1) is 9.02. The zero-order valence-electron chi connectivity index (χ0n) is 10.6. The van der Waals surface area contributed by atoms with Gasteiger partial charge in [0.15, 0.2) is 0 Å². The minimum absolute atomic E-state index is 0.153. The van der Waals surface area contributed by atoms with E-state index < -0.39 is 16.6 Å². The first kappa shape index (κ1) is 13.4. The lowest BCUT2D eigenvalue weighted by atomic mass is 10.2. The molecule has 0 unspecified atom stereocenters. The van der Waals surface area contributed by atoms with Gasteiger partial charge in [0.25, 0.3) is 0 Å². The number of aryl methyl sites for hydroxylation is 2. The molecule has 0 saturated carbocycles. The molecule has 2 aromatic rings. The second-order valence-electron chi connectivity index (χ2n) is 4.32. The SMILES string of the molecule is Cc1cc(C)cc([S@@](=O)c2cccc(F)c2C#N)c1. The van der Waals surface area contributed by atoms with E-state index in [4.69, 9.17) is 5.26 Å². The lowest BCUT2D eigenvalue weighted by molar-refractivity contribution is 0.618. The lowest BCUT2D eigenvalue weighted by Gasteiger charge is -2.07. The van der Waals surface area contributed by atoms with Crippen molar-refractivity contribution in [2.24, 2.45) is 0 Å². The average molecular weight is 273 g/mol. The number of hydrogen-bond donors (Lipinski definition) is 0. The zero-order valence-corrected chi connectivity index (χ0v) is 11.4. The molecule has 0 radical (unpaired) electrons. The summed E-state index contributed by atoms with van der Waals surface area (Å²) < 4.78 is 26.0. The molecular formula is C15H12FNOS. The van der Waals surface area contributed by atoms with Gasteiger partial charge in [0.2, 0.25) is 0 Å². The van der Waals surface area contributed by atoms with E-state index in [1.807, 2.05) is 19.9 Å². The summed E-state index contributed by atoms with van der Waals surface area (Å²) in [6.07, 6.45) is 0. The Morgan fingerprint density at radius 2 is 1.79 bits per heavy atom. The second-order valence-corrected chi connectivity index (χ2v) is 5.77. The third kappa shape index (κ3) is 2.72. The highest BCUT2D eigenvalue weighted by molar-refractivity contribution is 7.85. The summed E-state index contributed by atoms with van der Waals surface area (Å²) in [4.78, 5) is 0.798. The lowest BCUT2D eigenvalue weighted by Crippen LogP contribution is -1.99. The molecule has 0 aliphatic carbocycles. The van der Waals surface area contributed by atoms with Crippen molar-refractivity contribution in [2.45, 2.75) is 23.6 Å². The fraction of sp³-hybridized carbons (Fsp3) is 0.133. The standard InChI is InChI=1S/C15H12FNOS/c1-10-6-11(2)8-12(7-10)19(18)15-5-3-4-14(16)13(15)9-17/h3-8H,1-2H3/t19-/m1/s1. The van der Waals surface area contributed by atoms with Gasteiger partial charge in [-0.25, -0.2) is 8.60 Å². The van der Waals surface area contributed by atoms with E-state index >= 15 is 0 Å². The van der Waals surface area contributed by atoms with E-state index in [1.165, 1.54) is 18.2 Å². The van der Waals surface area contributed by atoms with E-state index in [0.717, 1.165) is 11.1 Å². The molecule has 19 heavy (non-hydrogen) atoms. The highest BCUT2D eigenvalue weighted by Crippen LogP contribution is 2.23. The molecular weight excluding hydrogens is 261 g/mol. The molecule has 0 heterocycles. The van der Waals surface area contributed by atoms with Crippen molar-refractivity contribution >= 4 is 10.8 Å². The van der Waals surface area contributed by atoms with Crippen LogP contribution in [0.15, 0.2) is 46.2 Å². The predicted molar refractivity (Wildman–Crippen MR) is 71.7 cm³/mol. The molecule has 2 rings (SSSR count). The zero-order chi connectivity index (χ0) is 14.0. The summed E-state index contributed by atoms with van der Waals surface area (Å²) >= 11 is 0. The maximum atomic E-state index is 13.5. The summed E-state index contributed by atoms with van der Waals surface area (Å²) in [6, 6.07) is 11.5. The number of hydrogen-bond acceptors (Lipinski definition) is 2. The number of halogens is 1. The Balaban J connectivity index is 2.57. The van der Waals surface area contributed by atoms with Gasteiger partial charge < -0.3 is 0 Å². The van der Waals surface area contributed by atoms with Crippen LogP contribution in [0.1, 0.15) is 16.7 Å². The summed E-state index contributed by atoms with van der Waals surface area (Å²) in [5.41, 5.74) is 1.82. The molecule has 1 atom stereocenters. The maximum Gasteiger partial charge on any atom is 0.142 e. The topological polar surface area (TPSA) is 40.9 Å². The van der Waals surface area contributed by atoms with Crippen LogP contribution >= 0.6 is 0 Å². The molecule has 0 saturated heterocycles. The van der Waals surface area contributed by atoms with Crippen LogP contribution in [0.2, 0.25) is 0 Å². The van der Waals surface area contributed by atoms with Gasteiger partial charge in [-0.15, -0.1) is 0 Å². The van der Waals surface area contributed by atoms with Crippen LogP contribution in [0.5, 0.6) is 0 Å². The van der Waals surface area contributed by atoms with E-state index in [2.05, 4.69) is 0 Å². The largest absolute Gasteiger partial charge is 0.249 e. The number of nitrogens with zero attached hydrogens (tertiary/aromatic N) is 1. The van der Waals surface area contributed by atoms with Crippen molar-refractivity contribution in [3.8, 4) is 6.07 Å². The molecule has 0 N–H and O–H groups in total. The Hall–Kier alpha value is -1.99. The molecule has 0 fully saturated rings. The van der Waals surface area contributed by atoms with Crippen molar-refractivity contribution in [2.75, 3.05) is 0 Å². The van der Waals surface area contributed by atoms with Gasteiger partial charge in [-0.3, -0.25) is 0 Å². The van der Waals surface area contributed by atoms with E-state index in [-0.39, 0.29) is 10.5 Å². The first-order valence-electron chi connectivity index (χ1n) is 5.71. The van der Waals surface area contributed by atoms with Gasteiger partial charge in [-0.1, -0.05) is 12.1 Å². The van der Waals surface area contributed by atoms with E-state index in [1.54, 1.807) is 18.2 Å². The van der Waals surface area contributed by atoms with Crippen LogP contribution < -0.4 is 0 Å². The van der Waals surface area contributed by atoms with Gasteiger partial charge in [-0.05, 0) is 49.2 Å². The van der Waals surface area contributed by atoms with Crippen molar-refractivity contribution < 1.29 is 8.60 Å². The fourth-order valence-electron chi connectivity index (χ4n) is 1.93. The minimum Gasteiger partial charge on any atom is -0.249 e. The fourth-order valence-corrected chi connectivity index (χ4v) is 3.30. The average Bonchev–Trinajstić information content (AvgIpc) is 2.36. The second kappa shape index (κ2) is 5.33. The van der Waals surface area contributed by atoms with Crippen LogP contribution in [-0.4, -0.2) is 4.21 Å². The first-order valence-corrected chi connectivity index (χ1v) is 6.86. The molecule has 0 spiro atoms. The molecule has 96 valence electrons. The Morgan fingerprint density at radius 1 is 1.16 bits per heavy atom. The van der Waals surface area contributed by atoms with Gasteiger partial charge in [0, 0.05) is 4.90 Å². The maximum absolute atomic E-state index is 13.5. The highest BCUT2D eigenvalue weighted by atomic mass is 32.2. The molecule has 0 amide bonds. The highest BCUT2D eigenvalue weighted by Gasteiger charge is 2.15. The molecule has 0 aliphatic rings. The summed E-state index contributed by atoms with van der Waals surface area (Å²) in [5.74, 6) is -0.641. The van der Waals surface area contributed by atoms with Crippen molar-refractivity contribution in [3.05, 3.63) is 58.9 Å². The van der Waals surface area contributed by atoms with E-state index in [0.29, 0.717) is 4.90 Å². The van der Waals surface area contributed by atoms with Crippen molar-refractivity contribution in [1.29, 1.82) is 5.26 Å². The quantitative estimate of drug-likeness (QED) is 0.840. The molecule has 0 aliphatic heterocycles. The summed E-state index contributed by atoms with van der Waals surface area (Å²) in [5, 5.41) is 8.98. The molecule has 0 aromatic heterocycles. The van der Waals surface area contributed by atoms with Crippen LogP contribution in [0.4, 0.5) is 4.39 Å². The van der Waals surface area contributed by atoms with Gasteiger partial charge in [0.05, 0.1) is 15.7 Å². The van der Waals surface area contributed by atoms with Gasteiger partial charge >= 0.3 is 0 Å². The molecule has 2 aromatic carbocycles. The Labute approximate surface area is 114 Å². The third-order valence-electron chi connectivity index (χ3n) is 2.70.